The molecule has 1 N–H and O–H groups in total. The highest BCUT2D eigenvalue weighted by atomic mass is 16.5. The molecule has 6 heteroatoms. The lowest BCUT2D eigenvalue weighted by Gasteiger charge is -2.16. The number of aromatic nitrogens is 1. The Bertz CT molecular complexity index is 938. The second kappa shape index (κ2) is 7.45. The van der Waals surface area contributed by atoms with Crippen molar-refractivity contribution in [2.75, 3.05) is 11.4 Å². The maximum absolute atomic E-state index is 12.5. The van der Waals surface area contributed by atoms with Crippen LogP contribution in [0.4, 0.5) is 5.69 Å². The normalized spacial score (nSPS) is 16.5. The molecule has 1 aliphatic rings. The Morgan fingerprint density at radius 2 is 1.81 bits per heavy atom. The van der Waals surface area contributed by atoms with Gasteiger partial charge in [-0.05, 0) is 12.1 Å². The summed E-state index contributed by atoms with van der Waals surface area (Å²) in [5.41, 5.74) is 2.40. The zero-order valence-corrected chi connectivity index (χ0v) is 14.7. The highest BCUT2D eigenvalue weighted by Crippen LogP contribution is 2.25. The Kier molecular flexibility index (Phi) is 4.70. The van der Waals surface area contributed by atoms with E-state index >= 15 is 0 Å². The summed E-state index contributed by atoms with van der Waals surface area (Å²) in [6.07, 6.45) is 0.217. The number of rotatable bonds is 5. The van der Waals surface area contributed by atoms with Crippen LogP contribution in [-0.4, -0.2) is 23.5 Å². The summed E-state index contributed by atoms with van der Waals surface area (Å²) < 4.78 is 5.34. The average Bonchev–Trinajstić information content (AvgIpc) is 3.34. The third-order valence-electron chi connectivity index (χ3n) is 4.62. The Labute approximate surface area is 156 Å². The number of hydrogen-bond donors (Lipinski definition) is 1. The molecule has 136 valence electrons. The molecule has 1 atom stereocenters. The molecule has 2 aromatic carbocycles. The first kappa shape index (κ1) is 17.0. The van der Waals surface area contributed by atoms with Crippen molar-refractivity contribution in [2.24, 2.45) is 5.92 Å². The molecule has 2 amide bonds. The fourth-order valence-electron chi connectivity index (χ4n) is 3.20. The minimum atomic E-state index is -0.363. The Balaban J connectivity index is 1.35. The highest BCUT2D eigenvalue weighted by Gasteiger charge is 2.34. The number of carbonyl (C=O) groups excluding carboxylic acids is 2. The smallest absolute Gasteiger partial charge is 0.227 e. The second-order valence-electron chi connectivity index (χ2n) is 6.51. The molecule has 1 saturated heterocycles. The van der Waals surface area contributed by atoms with E-state index < -0.39 is 0 Å². The van der Waals surface area contributed by atoms with Gasteiger partial charge in [0.1, 0.15) is 5.69 Å². The van der Waals surface area contributed by atoms with E-state index in [4.69, 9.17) is 4.52 Å². The van der Waals surface area contributed by atoms with E-state index in [1.54, 1.807) is 4.90 Å². The molecule has 2 heterocycles. The number of para-hydroxylation sites is 1. The summed E-state index contributed by atoms with van der Waals surface area (Å²) >= 11 is 0. The van der Waals surface area contributed by atoms with Crippen LogP contribution in [0.15, 0.2) is 71.3 Å². The van der Waals surface area contributed by atoms with Crippen LogP contribution in [0.1, 0.15) is 12.1 Å². The minimum Gasteiger partial charge on any atom is -0.356 e. The Morgan fingerprint density at radius 1 is 1.11 bits per heavy atom. The van der Waals surface area contributed by atoms with Crippen LogP contribution in [0.25, 0.3) is 11.3 Å². The number of nitrogens with one attached hydrogen (secondary N) is 1. The van der Waals surface area contributed by atoms with Crippen LogP contribution in [-0.2, 0) is 16.1 Å². The van der Waals surface area contributed by atoms with Gasteiger partial charge in [0.25, 0.3) is 0 Å². The molecule has 3 aromatic rings. The van der Waals surface area contributed by atoms with Gasteiger partial charge < -0.3 is 14.7 Å². The molecule has 1 aromatic heterocycles. The lowest BCUT2D eigenvalue weighted by Crippen LogP contribution is -2.32. The first-order valence-electron chi connectivity index (χ1n) is 8.85. The third kappa shape index (κ3) is 3.74. The number of hydrogen-bond acceptors (Lipinski definition) is 4. The summed E-state index contributed by atoms with van der Waals surface area (Å²) in [5, 5.41) is 6.86. The van der Waals surface area contributed by atoms with Crippen LogP contribution in [0, 0.1) is 5.92 Å². The molecule has 1 fully saturated rings. The van der Waals surface area contributed by atoms with Crippen LogP contribution in [0.3, 0.4) is 0 Å². The van der Waals surface area contributed by atoms with E-state index in [9.17, 15) is 9.59 Å². The van der Waals surface area contributed by atoms with Crippen LogP contribution >= 0.6 is 0 Å². The monoisotopic (exact) mass is 361 g/mol. The van der Waals surface area contributed by atoms with E-state index in [2.05, 4.69) is 10.5 Å². The van der Waals surface area contributed by atoms with Gasteiger partial charge in [0.15, 0.2) is 5.76 Å². The van der Waals surface area contributed by atoms with Gasteiger partial charge in [0, 0.05) is 30.3 Å². The lowest BCUT2D eigenvalue weighted by molar-refractivity contribution is -0.126. The molecule has 4 rings (SSSR count). The summed E-state index contributed by atoms with van der Waals surface area (Å²) in [4.78, 5) is 26.4. The lowest BCUT2D eigenvalue weighted by atomic mass is 10.1. The second-order valence-corrected chi connectivity index (χ2v) is 6.51. The standard InChI is InChI=1S/C21H19N3O3/c25-20-11-16(14-24(20)18-9-5-2-6-10-18)21(26)22-13-17-12-19(27-23-17)15-7-3-1-4-8-15/h1-10,12,16H,11,13-14H2,(H,22,26)/t16-/m1/s1. The van der Waals surface area contributed by atoms with E-state index in [0.717, 1.165) is 11.3 Å². The molecule has 1 aliphatic heterocycles. The number of benzene rings is 2. The largest absolute Gasteiger partial charge is 0.356 e. The molecule has 0 aliphatic carbocycles. The number of amides is 2. The summed E-state index contributed by atoms with van der Waals surface area (Å²) in [7, 11) is 0. The Hall–Kier alpha value is -3.41. The highest BCUT2D eigenvalue weighted by molar-refractivity contribution is 6.00. The SMILES string of the molecule is O=C(NCc1cc(-c2ccccc2)on1)[C@@H]1CC(=O)N(c2ccccc2)C1. The molecule has 0 radical (unpaired) electrons. The fraction of sp³-hybridized carbons (Fsp3) is 0.190. The molecular weight excluding hydrogens is 342 g/mol. The van der Waals surface area contributed by atoms with Crippen molar-refractivity contribution in [1.29, 1.82) is 0 Å². The maximum Gasteiger partial charge on any atom is 0.227 e. The third-order valence-corrected chi connectivity index (χ3v) is 4.62. The van der Waals surface area contributed by atoms with Crippen molar-refractivity contribution in [2.45, 2.75) is 13.0 Å². The molecule has 0 bridgehead atoms. The van der Waals surface area contributed by atoms with Gasteiger partial charge >= 0.3 is 0 Å². The predicted molar refractivity (Wildman–Crippen MR) is 101 cm³/mol. The van der Waals surface area contributed by atoms with Crippen molar-refractivity contribution >= 4 is 17.5 Å². The van der Waals surface area contributed by atoms with E-state index in [1.165, 1.54) is 0 Å². The Morgan fingerprint density at radius 3 is 2.56 bits per heavy atom. The van der Waals surface area contributed by atoms with Gasteiger partial charge in [-0.1, -0.05) is 53.7 Å². The quantitative estimate of drug-likeness (QED) is 0.758. The number of anilines is 1. The molecule has 0 unspecified atom stereocenters. The van der Waals surface area contributed by atoms with E-state index in [0.29, 0.717) is 18.0 Å². The zero-order chi connectivity index (χ0) is 18.6. The van der Waals surface area contributed by atoms with Gasteiger partial charge in [-0.15, -0.1) is 0 Å². The van der Waals surface area contributed by atoms with Gasteiger partial charge in [-0.2, -0.15) is 0 Å². The fourth-order valence-corrected chi connectivity index (χ4v) is 3.20. The maximum atomic E-state index is 12.5. The van der Waals surface area contributed by atoms with Crippen molar-refractivity contribution in [3.05, 3.63) is 72.4 Å². The van der Waals surface area contributed by atoms with Crippen molar-refractivity contribution < 1.29 is 14.1 Å². The average molecular weight is 361 g/mol. The molecule has 27 heavy (non-hydrogen) atoms. The molecule has 0 saturated carbocycles. The van der Waals surface area contributed by atoms with E-state index in [1.807, 2.05) is 66.7 Å². The minimum absolute atomic E-state index is 0.0332. The summed E-state index contributed by atoms with van der Waals surface area (Å²) in [5.74, 6) is 0.115. The van der Waals surface area contributed by atoms with Crippen molar-refractivity contribution in [3.63, 3.8) is 0 Å². The molecule has 0 spiro atoms. The van der Waals surface area contributed by atoms with Gasteiger partial charge in [0.05, 0.1) is 12.5 Å². The summed E-state index contributed by atoms with van der Waals surface area (Å²) in [6.45, 7) is 0.661. The van der Waals surface area contributed by atoms with Crippen LogP contribution in [0.2, 0.25) is 0 Å². The topological polar surface area (TPSA) is 75.4 Å². The molecule has 6 nitrogen and oxygen atoms in total. The first-order chi connectivity index (χ1) is 13.2. The van der Waals surface area contributed by atoms with Gasteiger partial charge in [-0.25, -0.2) is 0 Å². The van der Waals surface area contributed by atoms with Gasteiger partial charge in [0.2, 0.25) is 11.8 Å². The van der Waals surface area contributed by atoms with Crippen molar-refractivity contribution in [1.82, 2.24) is 10.5 Å². The number of nitrogens with zero attached hydrogens (tertiary/aromatic N) is 2. The van der Waals surface area contributed by atoms with Crippen LogP contribution < -0.4 is 10.2 Å². The molecular formula is C21H19N3O3. The van der Waals surface area contributed by atoms with Crippen molar-refractivity contribution in [3.8, 4) is 11.3 Å². The number of carbonyl (C=O) groups is 2. The predicted octanol–water partition coefficient (Wildman–Crippen LogP) is 3.01. The van der Waals surface area contributed by atoms with E-state index in [-0.39, 0.29) is 30.7 Å². The summed E-state index contributed by atoms with van der Waals surface area (Å²) in [6, 6.07) is 20.9. The van der Waals surface area contributed by atoms with Crippen LogP contribution in [0.5, 0.6) is 0 Å². The zero-order valence-electron chi connectivity index (χ0n) is 14.7. The van der Waals surface area contributed by atoms with Gasteiger partial charge in [-0.3, -0.25) is 9.59 Å². The first-order valence-corrected chi connectivity index (χ1v) is 8.85.